The van der Waals surface area contributed by atoms with Crippen LogP contribution in [0.25, 0.3) is 0 Å². The van der Waals surface area contributed by atoms with E-state index in [1.54, 1.807) is 4.90 Å². The van der Waals surface area contributed by atoms with Crippen LogP contribution in [0, 0.1) is 18.3 Å². The molecular weight excluding hydrogens is 226 g/mol. The summed E-state index contributed by atoms with van der Waals surface area (Å²) in [5.41, 5.74) is 2.07. The zero-order chi connectivity index (χ0) is 13.1. The fraction of sp³-hybridized carbons (Fsp3) is 0.429. The molecule has 0 saturated carbocycles. The minimum atomic E-state index is -0.382. The lowest BCUT2D eigenvalue weighted by Gasteiger charge is -2.37. The molecule has 1 aliphatic heterocycles. The maximum absolute atomic E-state index is 12.3. The van der Waals surface area contributed by atoms with Crippen LogP contribution in [0.1, 0.15) is 18.9 Å². The van der Waals surface area contributed by atoms with Gasteiger partial charge in [-0.3, -0.25) is 4.79 Å². The van der Waals surface area contributed by atoms with Gasteiger partial charge in [-0.25, -0.2) is 0 Å². The molecule has 2 unspecified atom stereocenters. The first-order valence-corrected chi connectivity index (χ1v) is 6.13. The van der Waals surface area contributed by atoms with E-state index in [1.165, 1.54) is 5.56 Å². The Hall–Kier alpha value is -1.86. The Labute approximate surface area is 107 Å². The van der Waals surface area contributed by atoms with E-state index in [4.69, 9.17) is 5.26 Å². The van der Waals surface area contributed by atoms with E-state index in [0.717, 1.165) is 5.69 Å². The highest BCUT2D eigenvalue weighted by Crippen LogP contribution is 2.21. The summed E-state index contributed by atoms with van der Waals surface area (Å²) in [5, 5.41) is 11.9. The molecule has 1 fully saturated rings. The molecule has 2 rings (SSSR count). The number of nitrogens with one attached hydrogen (secondary N) is 1. The molecule has 0 aliphatic carbocycles. The van der Waals surface area contributed by atoms with Crippen LogP contribution in [0.15, 0.2) is 24.3 Å². The van der Waals surface area contributed by atoms with Crippen LogP contribution in [0.5, 0.6) is 0 Å². The maximum Gasteiger partial charge on any atom is 0.245 e. The average molecular weight is 243 g/mol. The first-order valence-electron chi connectivity index (χ1n) is 6.13. The molecule has 0 aromatic heterocycles. The molecule has 4 heteroatoms. The highest BCUT2D eigenvalue weighted by Gasteiger charge is 2.33. The maximum atomic E-state index is 12.3. The third-order valence-electron chi connectivity index (χ3n) is 3.24. The summed E-state index contributed by atoms with van der Waals surface area (Å²) in [7, 11) is 0. The molecule has 1 heterocycles. The Morgan fingerprint density at radius 3 is 2.72 bits per heavy atom. The van der Waals surface area contributed by atoms with Crippen LogP contribution in [0.3, 0.4) is 0 Å². The molecule has 1 amide bonds. The van der Waals surface area contributed by atoms with Crippen molar-refractivity contribution >= 4 is 11.6 Å². The fourth-order valence-corrected chi connectivity index (χ4v) is 2.21. The highest BCUT2D eigenvalue weighted by atomic mass is 16.2. The van der Waals surface area contributed by atoms with Crippen LogP contribution in [0.2, 0.25) is 0 Å². The van der Waals surface area contributed by atoms with Gasteiger partial charge in [-0.2, -0.15) is 5.26 Å². The van der Waals surface area contributed by atoms with E-state index >= 15 is 0 Å². The zero-order valence-corrected chi connectivity index (χ0v) is 10.7. The van der Waals surface area contributed by atoms with Crippen molar-refractivity contribution in [3.8, 4) is 6.07 Å². The van der Waals surface area contributed by atoms with E-state index in [0.29, 0.717) is 6.54 Å². The van der Waals surface area contributed by atoms with Crippen molar-refractivity contribution in [1.29, 1.82) is 5.26 Å². The minimum absolute atomic E-state index is 0.0147. The van der Waals surface area contributed by atoms with Crippen molar-refractivity contribution in [2.24, 2.45) is 0 Å². The highest BCUT2D eigenvalue weighted by molar-refractivity contribution is 5.98. The Morgan fingerprint density at radius 2 is 2.11 bits per heavy atom. The number of aryl methyl sites for hydroxylation is 1. The average Bonchev–Trinajstić information content (AvgIpc) is 2.35. The van der Waals surface area contributed by atoms with Crippen molar-refractivity contribution in [2.45, 2.75) is 32.4 Å². The largest absolute Gasteiger partial charge is 0.307 e. The lowest BCUT2D eigenvalue weighted by molar-refractivity contribution is -0.122. The first kappa shape index (κ1) is 12.6. The van der Waals surface area contributed by atoms with Gasteiger partial charge in [0.05, 0.1) is 12.5 Å². The molecule has 1 aromatic carbocycles. The molecule has 0 radical (unpaired) electrons. The summed E-state index contributed by atoms with van der Waals surface area (Å²) in [6, 6.07) is 9.69. The van der Waals surface area contributed by atoms with Gasteiger partial charge in [0.15, 0.2) is 0 Å². The first-order chi connectivity index (χ1) is 8.63. The molecule has 0 spiro atoms. The number of amides is 1. The second-order valence-electron chi connectivity index (χ2n) is 4.72. The van der Waals surface area contributed by atoms with Crippen molar-refractivity contribution in [2.75, 3.05) is 11.4 Å². The zero-order valence-electron chi connectivity index (χ0n) is 10.7. The number of nitrogens with zero attached hydrogens (tertiary/aromatic N) is 2. The topological polar surface area (TPSA) is 56.1 Å². The van der Waals surface area contributed by atoms with E-state index in [1.807, 2.05) is 38.1 Å². The molecule has 94 valence electrons. The van der Waals surface area contributed by atoms with E-state index in [-0.39, 0.29) is 24.4 Å². The number of benzene rings is 1. The van der Waals surface area contributed by atoms with Crippen molar-refractivity contribution in [1.82, 2.24) is 5.32 Å². The number of rotatable bonds is 2. The molecule has 1 aromatic rings. The second kappa shape index (κ2) is 5.19. The number of anilines is 1. The number of nitriles is 1. The lowest BCUT2D eigenvalue weighted by atomic mass is 10.1. The predicted octanol–water partition coefficient (Wildman–Crippen LogP) is 1.60. The van der Waals surface area contributed by atoms with Gasteiger partial charge in [0.2, 0.25) is 5.91 Å². The van der Waals surface area contributed by atoms with Crippen LogP contribution in [-0.2, 0) is 4.79 Å². The van der Waals surface area contributed by atoms with E-state index in [9.17, 15) is 4.79 Å². The Morgan fingerprint density at radius 1 is 1.44 bits per heavy atom. The number of hydrogen-bond donors (Lipinski definition) is 1. The number of hydrogen-bond acceptors (Lipinski definition) is 3. The Balaban J connectivity index is 2.26. The van der Waals surface area contributed by atoms with Gasteiger partial charge in [-0.1, -0.05) is 17.7 Å². The fourth-order valence-electron chi connectivity index (χ4n) is 2.21. The summed E-state index contributed by atoms with van der Waals surface area (Å²) < 4.78 is 0. The minimum Gasteiger partial charge on any atom is -0.307 e. The predicted molar refractivity (Wildman–Crippen MR) is 70.1 cm³/mol. The summed E-state index contributed by atoms with van der Waals surface area (Å²) in [6.45, 7) is 4.74. The van der Waals surface area contributed by atoms with Crippen LogP contribution in [-0.4, -0.2) is 24.5 Å². The summed E-state index contributed by atoms with van der Waals surface area (Å²) in [6.07, 6.45) is 0.216. The molecule has 0 bridgehead atoms. The monoisotopic (exact) mass is 243 g/mol. The lowest BCUT2D eigenvalue weighted by Crippen LogP contribution is -2.59. The van der Waals surface area contributed by atoms with Gasteiger partial charge >= 0.3 is 0 Å². The smallest absolute Gasteiger partial charge is 0.245 e. The van der Waals surface area contributed by atoms with E-state index < -0.39 is 0 Å². The Bertz CT molecular complexity index is 475. The summed E-state index contributed by atoms with van der Waals surface area (Å²) in [4.78, 5) is 14.1. The third-order valence-corrected chi connectivity index (χ3v) is 3.24. The normalized spacial score (nSPS) is 23.8. The van der Waals surface area contributed by atoms with Gasteiger partial charge in [0.1, 0.15) is 6.04 Å². The molecule has 1 aliphatic rings. The van der Waals surface area contributed by atoms with E-state index in [2.05, 4.69) is 11.4 Å². The van der Waals surface area contributed by atoms with Gasteiger partial charge in [-0.05, 0) is 26.0 Å². The SMILES string of the molecule is Cc1ccc(N2C(=O)C(CC#N)NCC2C)cc1. The molecule has 18 heavy (non-hydrogen) atoms. The standard InChI is InChI=1S/C14H17N3O/c1-10-3-5-12(6-4-10)17-11(2)9-16-13(7-8-15)14(17)18/h3-6,11,13,16H,7,9H2,1-2H3. The molecular formula is C14H17N3O. The van der Waals surface area contributed by atoms with Crippen molar-refractivity contribution < 1.29 is 4.79 Å². The van der Waals surface area contributed by atoms with Crippen molar-refractivity contribution in [3.63, 3.8) is 0 Å². The second-order valence-corrected chi connectivity index (χ2v) is 4.72. The molecule has 4 nitrogen and oxygen atoms in total. The quantitative estimate of drug-likeness (QED) is 0.858. The number of carbonyl (C=O) groups excluding carboxylic acids is 1. The molecule has 2 atom stereocenters. The van der Waals surface area contributed by atoms with Gasteiger partial charge in [0.25, 0.3) is 0 Å². The summed E-state index contributed by atoms with van der Waals surface area (Å²) in [5.74, 6) is -0.0147. The van der Waals surface area contributed by atoms with Crippen LogP contribution < -0.4 is 10.2 Å². The Kier molecular flexibility index (Phi) is 3.63. The van der Waals surface area contributed by atoms with Crippen LogP contribution in [0.4, 0.5) is 5.69 Å². The number of piperazine rings is 1. The molecule has 1 saturated heterocycles. The van der Waals surface area contributed by atoms with Gasteiger partial charge < -0.3 is 10.2 Å². The van der Waals surface area contributed by atoms with Crippen LogP contribution >= 0.6 is 0 Å². The summed E-state index contributed by atoms with van der Waals surface area (Å²) >= 11 is 0. The van der Waals surface area contributed by atoms with Gasteiger partial charge in [0, 0.05) is 18.3 Å². The van der Waals surface area contributed by atoms with Crippen molar-refractivity contribution in [3.05, 3.63) is 29.8 Å². The number of carbonyl (C=O) groups is 1. The molecule has 1 N–H and O–H groups in total. The third kappa shape index (κ3) is 2.36. The van der Waals surface area contributed by atoms with Gasteiger partial charge in [-0.15, -0.1) is 0 Å².